The zero-order valence-electron chi connectivity index (χ0n) is 10.9. The summed E-state index contributed by atoms with van der Waals surface area (Å²) in [6, 6.07) is 0.591. The summed E-state index contributed by atoms with van der Waals surface area (Å²) in [6.07, 6.45) is 0. The molecule has 0 saturated carbocycles. The van der Waals surface area contributed by atoms with Gasteiger partial charge in [0.2, 0.25) is 5.82 Å². The number of amides is 1. The van der Waals surface area contributed by atoms with E-state index in [1.165, 1.54) is 0 Å². The van der Waals surface area contributed by atoms with Crippen molar-refractivity contribution in [3.05, 3.63) is 39.4 Å². The third-order valence-corrected chi connectivity index (χ3v) is 2.81. The van der Waals surface area contributed by atoms with Gasteiger partial charge in [-0.15, -0.1) is 0 Å². The van der Waals surface area contributed by atoms with Crippen molar-refractivity contribution in [2.24, 2.45) is 5.92 Å². The van der Waals surface area contributed by atoms with Gasteiger partial charge in [-0.05, 0) is 12.0 Å². The molecule has 1 amide bonds. The summed E-state index contributed by atoms with van der Waals surface area (Å²) in [6.45, 7) is 2.98. The number of nitrogens with zero attached hydrogens (tertiary/aromatic N) is 1. The van der Waals surface area contributed by atoms with Gasteiger partial charge in [-0.25, -0.2) is 4.39 Å². The molecule has 1 unspecified atom stereocenters. The zero-order valence-corrected chi connectivity index (χ0v) is 10.9. The third-order valence-electron chi connectivity index (χ3n) is 2.81. The molecule has 1 aromatic carbocycles. The monoisotopic (exact) mass is 288 g/mol. The summed E-state index contributed by atoms with van der Waals surface area (Å²) >= 11 is 0. The first-order chi connectivity index (χ1) is 9.29. The minimum atomic E-state index is -1.53. The van der Waals surface area contributed by atoms with E-state index in [4.69, 9.17) is 5.11 Å². The lowest BCUT2D eigenvalue weighted by molar-refractivity contribution is -0.387. The van der Waals surface area contributed by atoms with Crippen molar-refractivity contribution in [2.45, 2.75) is 19.9 Å². The van der Waals surface area contributed by atoms with E-state index >= 15 is 0 Å². The molecule has 0 bridgehead atoms. The van der Waals surface area contributed by atoms with Gasteiger partial charge >= 0.3 is 5.69 Å². The van der Waals surface area contributed by atoms with E-state index in [9.17, 15) is 23.7 Å². The Morgan fingerprint density at radius 2 is 2.05 bits per heavy atom. The molecule has 0 fully saturated rings. The minimum absolute atomic E-state index is 0.172. The normalized spacial score (nSPS) is 12.3. The van der Waals surface area contributed by atoms with Gasteiger partial charge in [0.15, 0.2) is 0 Å². The van der Waals surface area contributed by atoms with Crippen molar-refractivity contribution >= 4 is 11.6 Å². The highest BCUT2D eigenvalue weighted by atomic mass is 19.1. The first kappa shape index (κ1) is 16.0. The van der Waals surface area contributed by atoms with Gasteiger partial charge in [-0.3, -0.25) is 14.9 Å². The zero-order chi connectivity index (χ0) is 15.4. The SMILES string of the molecule is CC(C)C(CO)NC(=O)c1c(F)ccc([N+](=O)[O-])c1F. The molecule has 0 radical (unpaired) electrons. The Labute approximate surface area is 113 Å². The maximum atomic E-state index is 13.8. The number of nitro groups is 1. The average Bonchev–Trinajstić information content (AvgIpc) is 2.35. The Balaban J connectivity index is 3.16. The number of carbonyl (C=O) groups is 1. The van der Waals surface area contributed by atoms with Crippen LogP contribution in [0.15, 0.2) is 12.1 Å². The number of carbonyl (C=O) groups excluding carboxylic acids is 1. The van der Waals surface area contributed by atoms with Crippen molar-refractivity contribution < 1.29 is 23.6 Å². The molecule has 0 aliphatic rings. The van der Waals surface area contributed by atoms with Crippen LogP contribution in [0.5, 0.6) is 0 Å². The molecule has 1 atom stereocenters. The molecular weight excluding hydrogens is 274 g/mol. The number of aliphatic hydroxyl groups is 1. The van der Waals surface area contributed by atoms with Crippen molar-refractivity contribution in [1.82, 2.24) is 5.32 Å². The Kier molecular flexibility index (Phi) is 5.09. The lowest BCUT2D eigenvalue weighted by Crippen LogP contribution is -2.41. The van der Waals surface area contributed by atoms with Crippen molar-refractivity contribution in [2.75, 3.05) is 6.61 Å². The first-order valence-corrected chi connectivity index (χ1v) is 5.83. The smallest absolute Gasteiger partial charge is 0.305 e. The van der Waals surface area contributed by atoms with Crippen LogP contribution in [0.25, 0.3) is 0 Å². The molecule has 6 nitrogen and oxygen atoms in total. The van der Waals surface area contributed by atoms with Gasteiger partial charge in [0, 0.05) is 6.07 Å². The second kappa shape index (κ2) is 6.38. The predicted molar refractivity (Wildman–Crippen MR) is 66.2 cm³/mol. The van der Waals surface area contributed by atoms with Gasteiger partial charge in [-0.2, -0.15) is 4.39 Å². The van der Waals surface area contributed by atoms with Crippen LogP contribution in [-0.4, -0.2) is 28.6 Å². The fraction of sp³-hybridized carbons (Fsp3) is 0.417. The highest BCUT2D eigenvalue weighted by molar-refractivity contribution is 5.95. The molecule has 2 N–H and O–H groups in total. The number of rotatable bonds is 5. The van der Waals surface area contributed by atoms with Crippen LogP contribution in [0, 0.1) is 27.7 Å². The van der Waals surface area contributed by atoms with E-state index in [1.807, 2.05) is 0 Å². The number of benzene rings is 1. The van der Waals surface area contributed by atoms with Crippen LogP contribution in [-0.2, 0) is 0 Å². The Morgan fingerprint density at radius 1 is 1.45 bits per heavy atom. The standard InChI is InChI=1S/C12H14F2N2O4/c1-6(2)8(5-17)15-12(18)10-7(13)3-4-9(11(10)14)16(19)20/h3-4,6,8,17H,5H2,1-2H3,(H,15,18). The second-order valence-electron chi connectivity index (χ2n) is 4.52. The molecule has 1 aromatic rings. The van der Waals surface area contributed by atoms with E-state index in [0.29, 0.717) is 12.1 Å². The highest BCUT2D eigenvalue weighted by Gasteiger charge is 2.27. The largest absolute Gasteiger partial charge is 0.394 e. The van der Waals surface area contributed by atoms with Gasteiger partial charge in [0.1, 0.15) is 11.4 Å². The van der Waals surface area contributed by atoms with Crippen molar-refractivity contribution in [3.8, 4) is 0 Å². The van der Waals surface area contributed by atoms with Crippen LogP contribution in [0.1, 0.15) is 24.2 Å². The van der Waals surface area contributed by atoms with E-state index in [-0.39, 0.29) is 5.92 Å². The lowest BCUT2D eigenvalue weighted by atomic mass is 10.0. The predicted octanol–water partition coefficient (Wildman–Crippen LogP) is 1.62. The van der Waals surface area contributed by atoms with E-state index < -0.39 is 46.4 Å². The molecule has 20 heavy (non-hydrogen) atoms. The number of halogens is 2. The molecule has 0 saturated heterocycles. The molecule has 8 heteroatoms. The molecule has 0 spiro atoms. The van der Waals surface area contributed by atoms with Gasteiger partial charge in [0.25, 0.3) is 5.91 Å². The van der Waals surface area contributed by atoms with Gasteiger partial charge in [0.05, 0.1) is 17.6 Å². The summed E-state index contributed by atoms with van der Waals surface area (Å²) < 4.78 is 27.3. The Morgan fingerprint density at radius 3 is 2.50 bits per heavy atom. The maximum Gasteiger partial charge on any atom is 0.305 e. The molecule has 1 rings (SSSR count). The molecular formula is C12H14F2N2O4. The molecule has 0 aromatic heterocycles. The fourth-order valence-corrected chi connectivity index (χ4v) is 1.55. The summed E-state index contributed by atoms with van der Waals surface area (Å²) in [5.74, 6) is -4.05. The van der Waals surface area contributed by atoms with Crippen LogP contribution >= 0.6 is 0 Å². The highest BCUT2D eigenvalue weighted by Crippen LogP contribution is 2.23. The minimum Gasteiger partial charge on any atom is -0.394 e. The number of hydrogen-bond donors (Lipinski definition) is 2. The van der Waals surface area contributed by atoms with E-state index in [2.05, 4.69) is 5.32 Å². The number of nitrogens with one attached hydrogen (secondary N) is 1. The van der Waals surface area contributed by atoms with Gasteiger partial charge in [-0.1, -0.05) is 13.8 Å². The number of nitro benzene ring substituents is 1. The van der Waals surface area contributed by atoms with Crippen molar-refractivity contribution in [3.63, 3.8) is 0 Å². The molecule has 110 valence electrons. The third kappa shape index (κ3) is 3.27. The van der Waals surface area contributed by atoms with Crippen LogP contribution in [0.4, 0.5) is 14.5 Å². The second-order valence-corrected chi connectivity index (χ2v) is 4.52. The van der Waals surface area contributed by atoms with Crippen molar-refractivity contribution in [1.29, 1.82) is 0 Å². The topological polar surface area (TPSA) is 92.5 Å². The Hall–Kier alpha value is -2.09. The summed E-state index contributed by atoms with van der Waals surface area (Å²) in [5.41, 5.74) is -2.01. The molecule has 0 heterocycles. The van der Waals surface area contributed by atoms with Crippen LogP contribution < -0.4 is 5.32 Å². The van der Waals surface area contributed by atoms with Crippen LogP contribution in [0.2, 0.25) is 0 Å². The number of aliphatic hydroxyl groups excluding tert-OH is 1. The summed E-state index contributed by atoms with van der Waals surface area (Å²) in [7, 11) is 0. The summed E-state index contributed by atoms with van der Waals surface area (Å²) in [4.78, 5) is 21.3. The lowest BCUT2D eigenvalue weighted by Gasteiger charge is -2.20. The van der Waals surface area contributed by atoms with E-state index in [0.717, 1.165) is 0 Å². The van der Waals surface area contributed by atoms with Gasteiger partial charge < -0.3 is 10.4 Å². The molecule has 0 aliphatic carbocycles. The number of hydrogen-bond acceptors (Lipinski definition) is 4. The quantitative estimate of drug-likeness (QED) is 0.636. The maximum absolute atomic E-state index is 13.8. The Bertz CT molecular complexity index is 534. The molecule has 0 aliphatic heterocycles. The first-order valence-electron chi connectivity index (χ1n) is 5.83. The van der Waals surface area contributed by atoms with Crippen LogP contribution in [0.3, 0.4) is 0 Å². The fourth-order valence-electron chi connectivity index (χ4n) is 1.55. The van der Waals surface area contributed by atoms with E-state index in [1.54, 1.807) is 13.8 Å². The average molecular weight is 288 g/mol. The summed E-state index contributed by atoms with van der Waals surface area (Å²) in [5, 5.41) is 21.9.